The van der Waals surface area contributed by atoms with Gasteiger partial charge in [0.15, 0.2) is 0 Å². The average Bonchev–Trinajstić information content (AvgIpc) is 2.99. The number of H-pyrrole nitrogens is 1. The maximum Gasteiger partial charge on any atom is 0.0459 e. The molecule has 1 fully saturated rings. The van der Waals surface area contributed by atoms with Crippen molar-refractivity contribution in [2.24, 2.45) is 5.92 Å². The van der Waals surface area contributed by atoms with Crippen molar-refractivity contribution in [1.29, 1.82) is 0 Å². The SMILES string of the molecule is C#C.CN1CC2c3c([nH]c4ccccc34)CC[C@H]2C1. The van der Waals surface area contributed by atoms with E-state index < -0.39 is 0 Å². The minimum Gasteiger partial charge on any atom is -0.358 e. The number of nitrogens with one attached hydrogen (secondary N) is 1. The van der Waals surface area contributed by atoms with Crippen LogP contribution in [0, 0.1) is 18.8 Å². The molecule has 1 aromatic heterocycles. The lowest BCUT2D eigenvalue weighted by atomic mass is 9.79. The molecule has 2 aliphatic rings. The lowest BCUT2D eigenvalue weighted by Crippen LogP contribution is -2.18. The number of likely N-dealkylation sites (N-methyl/N-ethyl adjacent to an activating group) is 1. The first-order chi connectivity index (χ1) is 9.33. The Morgan fingerprint density at radius 1 is 1.21 bits per heavy atom. The van der Waals surface area contributed by atoms with Crippen molar-refractivity contribution in [3.8, 4) is 12.8 Å². The Hall–Kier alpha value is -1.72. The number of hydrogen-bond donors (Lipinski definition) is 1. The van der Waals surface area contributed by atoms with Crippen molar-refractivity contribution in [3.63, 3.8) is 0 Å². The number of nitrogens with zero attached hydrogens (tertiary/aromatic N) is 1. The van der Waals surface area contributed by atoms with Crippen LogP contribution < -0.4 is 0 Å². The third kappa shape index (κ3) is 1.86. The molecule has 1 aliphatic heterocycles. The Morgan fingerprint density at radius 3 is 2.84 bits per heavy atom. The van der Waals surface area contributed by atoms with Gasteiger partial charge in [0.25, 0.3) is 0 Å². The summed E-state index contributed by atoms with van der Waals surface area (Å²) in [6.07, 6.45) is 10.6. The van der Waals surface area contributed by atoms with Crippen molar-refractivity contribution in [1.82, 2.24) is 9.88 Å². The Bertz CT molecular complexity index is 608. The van der Waals surface area contributed by atoms with Gasteiger partial charge in [-0.15, -0.1) is 12.8 Å². The summed E-state index contributed by atoms with van der Waals surface area (Å²) in [5.74, 6) is 1.65. The number of likely N-dealkylation sites (tertiary alicyclic amines) is 1. The largest absolute Gasteiger partial charge is 0.358 e. The van der Waals surface area contributed by atoms with Crippen LogP contribution >= 0.6 is 0 Å². The normalized spacial score (nSPS) is 25.4. The molecule has 0 amide bonds. The summed E-state index contributed by atoms with van der Waals surface area (Å²) < 4.78 is 0. The molecule has 19 heavy (non-hydrogen) atoms. The van der Waals surface area contributed by atoms with Crippen LogP contribution in [0.5, 0.6) is 0 Å². The summed E-state index contributed by atoms with van der Waals surface area (Å²) in [7, 11) is 2.26. The second-order valence-electron chi connectivity index (χ2n) is 5.69. The van der Waals surface area contributed by atoms with Crippen LogP contribution in [0.1, 0.15) is 23.6 Å². The number of hydrogen-bond acceptors (Lipinski definition) is 1. The molecule has 2 heteroatoms. The fourth-order valence-electron chi connectivity index (χ4n) is 3.88. The predicted molar refractivity (Wildman–Crippen MR) is 80.2 cm³/mol. The summed E-state index contributed by atoms with van der Waals surface area (Å²) >= 11 is 0. The summed E-state index contributed by atoms with van der Waals surface area (Å²) in [6, 6.07) is 8.79. The molecule has 2 aromatic rings. The van der Waals surface area contributed by atoms with Crippen LogP contribution in [0.3, 0.4) is 0 Å². The molecule has 1 aliphatic carbocycles. The first-order valence-corrected chi connectivity index (χ1v) is 6.94. The van der Waals surface area contributed by atoms with E-state index in [0.717, 1.165) is 11.8 Å². The van der Waals surface area contributed by atoms with E-state index in [1.54, 1.807) is 5.56 Å². The van der Waals surface area contributed by atoms with Crippen molar-refractivity contribution < 1.29 is 0 Å². The van der Waals surface area contributed by atoms with Crippen LogP contribution in [0.4, 0.5) is 0 Å². The fourth-order valence-corrected chi connectivity index (χ4v) is 3.88. The highest BCUT2D eigenvalue weighted by Crippen LogP contribution is 2.43. The lowest BCUT2D eigenvalue weighted by Gasteiger charge is -2.24. The molecule has 1 unspecified atom stereocenters. The van der Waals surface area contributed by atoms with Gasteiger partial charge in [-0.3, -0.25) is 0 Å². The Morgan fingerprint density at radius 2 is 2.00 bits per heavy atom. The second kappa shape index (κ2) is 4.75. The standard InChI is InChI=1S/C15H18N2.C2H2/c1-17-8-10-6-7-14-15(12(10)9-17)11-4-2-3-5-13(11)16-14;1-2/h2-5,10,12,16H,6-9H2,1H3;1-2H/t10-,12?;/m0./s1. The quantitative estimate of drug-likeness (QED) is 0.714. The van der Waals surface area contributed by atoms with Gasteiger partial charge in [0, 0.05) is 35.6 Å². The van der Waals surface area contributed by atoms with E-state index in [-0.39, 0.29) is 0 Å². The molecule has 0 radical (unpaired) electrons. The summed E-state index contributed by atoms with van der Waals surface area (Å²) in [5.41, 5.74) is 4.46. The lowest BCUT2D eigenvalue weighted by molar-refractivity contribution is 0.386. The second-order valence-corrected chi connectivity index (χ2v) is 5.69. The summed E-state index contributed by atoms with van der Waals surface area (Å²) in [6.45, 7) is 2.52. The maximum absolute atomic E-state index is 4.00. The van der Waals surface area contributed by atoms with E-state index in [2.05, 4.69) is 54.0 Å². The average molecular weight is 252 g/mol. The van der Waals surface area contributed by atoms with E-state index in [9.17, 15) is 0 Å². The predicted octanol–water partition coefficient (Wildman–Crippen LogP) is 3.01. The van der Waals surface area contributed by atoms with Gasteiger partial charge in [-0.25, -0.2) is 0 Å². The zero-order chi connectivity index (χ0) is 13.4. The molecule has 0 bridgehead atoms. The fraction of sp³-hybridized carbons (Fsp3) is 0.412. The third-order valence-corrected chi connectivity index (χ3v) is 4.59. The number of terminal acetylenes is 1. The minimum atomic E-state index is 0.764. The zero-order valence-corrected chi connectivity index (χ0v) is 11.4. The van der Waals surface area contributed by atoms with E-state index in [0.29, 0.717) is 0 Å². The summed E-state index contributed by atoms with van der Waals surface area (Å²) in [5, 5.41) is 1.47. The number of rotatable bonds is 0. The highest BCUT2D eigenvalue weighted by molar-refractivity contribution is 5.85. The number of aromatic amines is 1. The summed E-state index contributed by atoms with van der Waals surface area (Å²) in [4.78, 5) is 6.12. The van der Waals surface area contributed by atoms with Gasteiger partial charge < -0.3 is 9.88 Å². The van der Waals surface area contributed by atoms with Crippen LogP contribution in [-0.2, 0) is 6.42 Å². The van der Waals surface area contributed by atoms with Gasteiger partial charge in [0.1, 0.15) is 0 Å². The maximum atomic E-state index is 4.00. The molecular weight excluding hydrogens is 232 g/mol. The highest BCUT2D eigenvalue weighted by atomic mass is 15.1. The number of para-hydroxylation sites is 1. The molecule has 4 rings (SSSR count). The molecule has 0 saturated carbocycles. The topological polar surface area (TPSA) is 19.0 Å². The molecule has 1 saturated heterocycles. The van der Waals surface area contributed by atoms with Crippen LogP contribution in [0.25, 0.3) is 10.9 Å². The zero-order valence-electron chi connectivity index (χ0n) is 11.4. The van der Waals surface area contributed by atoms with Crippen LogP contribution in [0.15, 0.2) is 24.3 Å². The van der Waals surface area contributed by atoms with Crippen molar-refractivity contribution in [3.05, 3.63) is 35.5 Å². The van der Waals surface area contributed by atoms with E-state index in [1.807, 2.05) is 0 Å². The van der Waals surface area contributed by atoms with Crippen molar-refractivity contribution in [2.45, 2.75) is 18.8 Å². The number of benzene rings is 1. The Kier molecular flexibility index (Phi) is 3.08. The van der Waals surface area contributed by atoms with E-state index in [4.69, 9.17) is 0 Å². The van der Waals surface area contributed by atoms with E-state index >= 15 is 0 Å². The highest BCUT2D eigenvalue weighted by Gasteiger charge is 2.37. The molecule has 1 aromatic carbocycles. The van der Waals surface area contributed by atoms with Crippen molar-refractivity contribution >= 4 is 10.9 Å². The van der Waals surface area contributed by atoms with Gasteiger partial charge in [0.05, 0.1) is 0 Å². The molecule has 2 heterocycles. The smallest absolute Gasteiger partial charge is 0.0459 e. The van der Waals surface area contributed by atoms with Gasteiger partial charge >= 0.3 is 0 Å². The third-order valence-electron chi connectivity index (χ3n) is 4.59. The molecule has 2 atom stereocenters. The van der Waals surface area contributed by atoms with Crippen LogP contribution in [-0.4, -0.2) is 30.0 Å². The van der Waals surface area contributed by atoms with Gasteiger partial charge in [-0.05, 0) is 37.4 Å². The molecule has 98 valence electrons. The number of aromatic nitrogens is 1. The monoisotopic (exact) mass is 252 g/mol. The molecular formula is C17H20N2. The number of aryl methyl sites for hydroxylation is 1. The Balaban J connectivity index is 0.000000528. The Labute approximate surface area is 114 Å². The first-order valence-electron chi connectivity index (χ1n) is 6.94. The molecule has 1 N–H and O–H groups in total. The van der Waals surface area contributed by atoms with Crippen LogP contribution in [0.2, 0.25) is 0 Å². The van der Waals surface area contributed by atoms with Gasteiger partial charge in [0.2, 0.25) is 0 Å². The number of fused-ring (bicyclic) bond motifs is 5. The molecule has 0 spiro atoms. The first kappa shape index (κ1) is 12.3. The minimum absolute atomic E-state index is 0.764. The van der Waals surface area contributed by atoms with Gasteiger partial charge in [-0.1, -0.05) is 18.2 Å². The van der Waals surface area contributed by atoms with E-state index in [1.165, 1.54) is 42.5 Å². The van der Waals surface area contributed by atoms with Gasteiger partial charge in [-0.2, -0.15) is 0 Å². The van der Waals surface area contributed by atoms with Crippen molar-refractivity contribution in [2.75, 3.05) is 20.1 Å². The molecule has 2 nitrogen and oxygen atoms in total.